The van der Waals surface area contributed by atoms with Gasteiger partial charge in [0.15, 0.2) is 0 Å². The molecule has 0 saturated carbocycles. The highest BCUT2D eigenvalue weighted by molar-refractivity contribution is 9.09. The van der Waals surface area contributed by atoms with Crippen LogP contribution >= 0.6 is 15.9 Å². The maximum atomic E-state index is 14.1. The van der Waals surface area contributed by atoms with Gasteiger partial charge in [-0.1, -0.05) is 22.0 Å². The molecule has 3 unspecified atom stereocenters. The number of alkyl halides is 1. The van der Waals surface area contributed by atoms with Crippen molar-refractivity contribution < 1.29 is 33.7 Å². The minimum absolute atomic E-state index is 0.110. The van der Waals surface area contributed by atoms with Crippen LogP contribution in [-0.2, 0) is 28.6 Å². The van der Waals surface area contributed by atoms with Crippen molar-refractivity contribution in [2.75, 3.05) is 65.7 Å². The van der Waals surface area contributed by atoms with Crippen molar-refractivity contribution >= 4 is 33.7 Å². The van der Waals surface area contributed by atoms with Gasteiger partial charge in [0, 0.05) is 50.7 Å². The third-order valence-corrected chi connectivity index (χ3v) is 8.43. The van der Waals surface area contributed by atoms with Gasteiger partial charge in [-0.15, -0.1) is 6.58 Å². The fourth-order valence-corrected chi connectivity index (χ4v) is 7.05. The number of likely N-dealkylation sites (tertiary alicyclic amines) is 1. The second-order valence-electron chi connectivity index (χ2n) is 9.55. The molecule has 6 atom stereocenters. The van der Waals surface area contributed by atoms with E-state index < -0.39 is 35.6 Å². The first kappa shape index (κ1) is 26.5. The molecule has 0 aromatic carbocycles. The standard InChI is InChI=1S/C24H36BrN3O7/c1-3-6-27(9-8-26-10-13-33-14-11-26)22(31)20-24-15-16(25)19(35-24)17(23(32)34-4-2)18(24)21(30)28(20)7-5-12-29/h3,16-20,29H,1,4-15H2,2H3/t16?,17-,18+,19-,20?,24?/m1/s1. The number of amides is 2. The molecule has 2 bridgehead atoms. The van der Waals surface area contributed by atoms with Crippen LogP contribution in [0.1, 0.15) is 19.8 Å². The highest BCUT2D eigenvalue weighted by atomic mass is 79.9. The lowest BCUT2D eigenvalue weighted by Crippen LogP contribution is -2.57. The second-order valence-corrected chi connectivity index (χ2v) is 10.7. The normalized spacial score (nSPS) is 34.2. The topological polar surface area (TPSA) is 109 Å². The van der Waals surface area contributed by atoms with Gasteiger partial charge in [0.25, 0.3) is 0 Å². The second kappa shape index (κ2) is 11.2. The van der Waals surface area contributed by atoms with Crippen LogP contribution in [0.3, 0.4) is 0 Å². The van der Waals surface area contributed by atoms with Crippen LogP contribution in [0.25, 0.3) is 0 Å². The Bertz CT molecular complexity index is 823. The van der Waals surface area contributed by atoms with Crippen molar-refractivity contribution in [1.82, 2.24) is 14.7 Å². The number of carbonyl (C=O) groups is 3. The molecule has 0 aromatic rings. The van der Waals surface area contributed by atoms with E-state index >= 15 is 0 Å². The van der Waals surface area contributed by atoms with Gasteiger partial charge in [-0.25, -0.2) is 0 Å². The molecule has 0 radical (unpaired) electrons. The molecule has 11 heteroatoms. The van der Waals surface area contributed by atoms with Crippen LogP contribution < -0.4 is 0 Å². The predicted molar refractivity (Wildman–Crippen MR) is 130 cm³/mol. The van der Waals surface area contributed by atoms with Crippen molar-refractivity contribution in [2.45, 2.75) is 42.3 Å². The van der Waals surface area contributed by atoms with Crippen LogP contribution in [0.5, 0.6) is 0 Å². The Kier molecular flexibility index (Phi) is 8.53. The minimum atomic E-state index is -1.11. The van der Waals surface area contributed by atoms with E-state index in [0.717, 1.165) is 13.1 Å². The third kappa shape index (κ3) is 4.77. The number of aliphatic hydroxyl groups excluding tert-OH is 1. The summed E-state index contributed by atoms with van der Waals surface area (Å²) in [5.74, 6) is -2.50. The van der Waals surface area contributed by atoms with Crippen molar-refractivity contribution in [3.63, 3.8) is 0 Å². The summed E-state index contributed by atoms with van der Waals surface area (Å²) in [7, 11) is 0. The number of carbonyl (C=O) groups excluding carboxylic acids is 3. The number of ether oxygens (including phenoxy) is 3. The molecule has 196 valence electrons. The van der Waals surface area contributed by atoms with E-state index in [1.54, 1.807) is 17.9 Å². The Balaban J connectivity index is 1.63. The predicted octanol–water partition coefficient (Wildman–Crippen LogP) is 0.0267. The average Bonchev–Trinajstić information content (AvgIpc) is 3.44. The molecule has 4 fully saturated rings. The molecule has 4 heterocycles. The first-order valence-corrected chi connectivity index (χ1v) is 13.4. The SMILES string of the molecule is C=CCN(CCN1CCOCC1)C(=O)C1N(CCCO)C(=O)[C@@H]2[C@@H](C(=O)OCC)[C@@H]3OC12CC3Br. The highest BCUT2D eigenvalue weighted by Crippen LogP contribution is 2.60. The van der Waals surface area contributed by atoms with Gasteiger partial charge in [0.1, 0.15) is 11.6 Å². The Morgan fingerprint density at radius 3 is 2.74 bits per heavy atom. The van der Waals surface area contributed by atoms with E-state index in [2.05, 4.69) is 27.4 Å². The number of hydrogen-bond donors (Lipinski definition) is 1. The van der Waals surface area contributed by atoms with Gasteiger partial charge < -0.3 is 29.1 Å². The molecule has 1 N–H and O–H groups in total. The first-order chi connectivity index (χ1) is 16.9. The van der Waals surface area contributed by atoms with Gasteiger partial charge in [0.05, 0.1) is 37.8 Å². The Morgan fingerprint density at radius 1 is 1.34 bits per heavy atom. The van der Waals surface area contributed by atoms with E-state index in [1.807, 2.05) is 0 Å². The van der Waals surface area contributed by atoms with Gasteiger partial charge in [0.2, 0.25) is 11.8 Å². The molecule has 4 saturated heterocycles. The number of rotatable bonds is 11. The van der Waals surface area contributed by atoms with Crippen LogP contribution in [0.2, 0.25) is 0 Å². The smallest absolute Gasteiger partial charge is 0.312 e. The molecule has 1 spiro atoms. The van der Waals surface area contributed by atoms with Gasteiger partial charge in [-0.05, 0) is 19.8 Å². The molecule has 0 aliphatic carbocycles. The van der Waals surface area contributed by atoms with Crippen LogP contribution in [0, 0.1) is 11.8 Å². The van der Waals surface area contributed by atoms with Crippen molar-refractivity contribution in [3.05, 3.63) is 12.7 Å². The van der Waals surface area contributed by atoms with E-state index in [4.69, 9.17) is 14.2 Å². The Hall–Kier alpha value is -1.53. The fourth-order valence-electron chi connectivity index (χ4n) is 6.11. The maximum Gasteiger partial charge on any atom is 0.312 e. The number of esters is 1. The van der Waals surface area contributed by atoms with E-state index in [0.29, 0.717) is 45.7 Å². The quantitative estimate of drug-likeness (QED) is 0.215. The molecular formula is C24H36BrN3O7. The van der Waals surface area contributed by atoms with Crippen molar-refractivity contribution in [1.29, 1.82) is 0 Å². The van der Waals surface area contributed by atoms with Crippen molar-refractivity contribution in [2.24, 2.45) is 11.8 Å². The molecule has 4 aliphatic rings. The average molecular weight is 558 g/mol. The van der Waals surface area contributed by atoms with E-state index in [9.17, 15) is 19.5 Å². The zero-order valence-electron chi connectivity index (χ0n) is 20.3. The summed E-state index contributed by atoms with van der Waals surface area (Å²) in [5.41, 5.74) is -1.11. The third-order valence-electron chi connectivity index (χ3n) is 7.59. The Morgan fingerprint density at radius 2 is 2.09 bits per heavy atom. The zero-order valence-corrected chi connectivity index (χ0v) is 21.9. The fraction of sp³-hybridized carbons (Fsp3) is 0.792. The summed E-state index contributed by atoms with van der Waals surface area (Å²) >= 11 is 3.64. The number of hydrogen-bond acceptors (Lipinski definition) is 8. The lowest BCUT2D eigenvalue weighted by atomic mass is 9.70. The number of halogens is 1. The zero-order chi connectivity index (χ0) is 25.2. The molecule has 10 nitrogen and oxygen atoms in total. The summed E-state index contributed by atoms with van der Waals surface area (Å²) < 4.78 is 17.2. The van der Waals surface area contributed by atoms with Crippen LogP contribution in [0.4, 0.5) is 0 Å². The first-order valence-electron chi connectivity index (χ1n) is 12.5. The molecule has 0 aromatic heterocycles. The Labute approximate surface area is 214 Å². The number of nitrogens with zero attached hydrogens (tertiary/aromatic N) is 3. The van der Waals surface area contributed by atoms with E-state index in [1.165, 1.54) is 4.90 Å². The summed E-state index contributed by atoms with van der Waals surface area (Å²) in [6.45, 7) is 10.3. The van der Waals surface area contributed by atoms with Crippen LogP contribution in [0.15, 0.2) is 12.7 Å². The van der Waals surface area contributed by atoms with E-state index in [-0.39, 0.29) is 36.4 Å². The minimum Gasteiger partial charge on any atom is -0.466 e. The number of aliphatic hydroxyl groups is 1. The summed E-state index contributed by atoms with van der Waals surface area (Å²) in [6.07, 6.45) is 1.93. The number of fused-ring (bicyclic) bond motifs is 1. The highest BCUT2D eigenvalue weighted by Gasteiger charge is 2.77. The monoisotopic (exact) mass is 557 g/mol. The summed E-state index contributed by atoms with van der Waals surface area (Å²) in [4.78, 5) is 46.1. The largest absolute Gasteiger partial charge is 0.466 e. The van der Waals surface area contributed by atoms with Crippen molar-refractivity contribution in [3.8, 4) is 0 Å². The van der Waals surface area contributed by atoms with Gasteiger partial charge in [-0.3, -0.25) is 19.3 Å². The lowest BCUT2D eigenvalue weighted by molar-refractivity contribution is -0.154. The van der Waals surface area contributed by atoms with Gasteiger partial charge in [-0.2, -0.15) is 0 Å². The molecule has 2 amide bonds. The molecular weight excluding hydrogens is 522 g/mol. The van der Waals surface area contributed by atoms with Crippen LogP contribution in [-0.4, -0.2) is 126 Å². The lowest BCUT2D eigenvalue weighted by Gasteiger charge is -2.37. The maximum absolute atomic E-state index is 14.1. The molecule has 35 heavy (non-hydrogen) atoms. The molecule has 4 aliphatic heterocycles. The number of morpholine rings is 1. The summed E-state index contributed by atoms with van der Waals surface area (Å²) in [5, 5.41) is 9.47. The van der Waals surface area contributed by atoms with Gasteiger partial charge >= 0.3 is 5.97 Å². The summed E-state index contributed by atoms with van der Waals surface area (Å²) in [6, 6.07) is -0.874. The molecule has 4 rings (SSSR count).